The molecule has 1 aromatic carbocycles. The van der Waals surface area contributed by atoms with E-state index in [9.17, 15) is 0 Å². The first-order valence-corrected chi connectivity index (χ1v) is 8.62. The Kier molecular flexibility index (Phi) is 4.28. The number of hydrogen-bond acceptors (Lipinski definition) is 6. The molecule has 25 heavy (non-hydrogen) atoms. The second-order valence-electron chi connectivity index (χ2n) is 6.53. The lowest BCUT2D eigenvalue weighted by molar-refractivity contribution is -0.00545. The van der Waals surface area contributed by atoms with Crippen LogP contribution in [0, 0.1) is 0 Å². The van der Waals surface area contributed by atoms with Gasteiger partial charge in [0.2, 0.25) is 0 Å². The molecule has 0 amide bonds. The van der Waals surface area contributed by atoms with Gasteiger partial charge in [0.05, 0.1) is 12.2 Å². The molecule has 2 aromatic heterocycles. The molecular weight excluding hydrogens is 316 g/mol. The van der Waals surface area contributed by atoms with E-state index in [1.54, 1.807) is 0 Å². The minimum Gasteiger partial charge on any atom is -0.424 e. The zero-order valence-corrected chi connectivity index (χ0v) is 14.5. The molecular formula is C19H22N4O2. The van der Waals surface area contributed by atoms with Crippen molar-refractivity contribution in [3.05, 3.63) is 48.2 Å². The van der Waals surface area contributed by atoms with E-state index in [1.807, 2.05) is 30.5 Å². The van der Waals surface area contributed by atoms with E-state index in [-0.39, 0.29) is 12.2 Å². The van der Waals surface area contributed by atoms with Crippen LogP contribution in [-0.2, 0) is 11.3 Å². The van der Waals surface area contributed by atoms with Crippen LogP contribution in [0.5, 0.6) is 0 Å². The van der Waals surface area contributed by atoms with Gasteiger partial charge in [0.25, 0.3) is 6.01 Å². The van der Waals surface area contributed by atoms with Crippen molar-refractivity contribution in [3.8, 4) is 0 Å². The maximum absolute atomic E-state index is 5.78. The van der Waals surface area contributed by atoms with E-state index >= 15 is 0 Å². The molecule has 0 radical (unpaired) electrons. The van der Waals surface area contributed by atoms with Gasteiger partial charge in [-0.15, -0.1) is 0 Å². The van der Waals surface area contributed by atoms with E-state index < -0.39 is 0 Å². The van der Waals surface area contributed by atoms with Crippen LogP contribution in [0.25, 0.3) is 11.1 Å². The summed E-state index contributed by atoms with van der Waals surface area (Å²) in [6.07, 6.45) is 2.35. The maximum Gasteiger partial charge on any atom is 0.295 e. The number of pyridine rings is 1. The van der Waals surface area contributed by atoms with Gasteiger partial charge in [-0.05, 0) is 37.6 Å². The van der Waals surface area contributed by atoms with E-state index in [0.29, 0.717) is 12.6 Å². The fourth-order valence-corrected chi connectivity index (χ4v) is 3.20. The summed E-state index contributed by atoms with van der Waals surface area (Å²) in [5.74, 6) is 0.993. The first-order chi connectivity index (χ1) is 12.2. The van der Waals surface area contributed by atoms with Crippen LogP contribution < -0.4 is 10.2 Å². The van der Waals surface area contributed by atoms with Crippen molar-refractivity contribution >= 4 is 22.9 Å². The SMILES string of the molecule is CC1CN(c2ccc(CNc3nc4ccccc4o3)cn2)CC(C)O1. The summed E-state index contributed by atoms with van der Waals surface area (Å²) < 4.78 is 11.4. The van der Waals surface area contributed by atoms with Crippen LogP contribution in [0.3, 0.4) is 0 Å². The molecule has 2 atom stereocenters. The van der Waals surface area contributed by atoms with Gasteiger partial charge in [-0.3, -0.25) is 0 Å². The Bertz CT molecular complexity index is 803. The molecule has 6 heteroatoms. The fraction of sp³-hybridized carbons (Fsp3) is 0.368. The highest BCUT2D eigenvalue weighted by Crippen LogP contribution is 2.20. The average Bonchev–Trinajstić information content (AvgIpc) is 3.02. The number of anilines is 2. The second kappa shape index (κ2) is 6.72. The molecule has 130 valence electrons. The minimum absolute atomic E-state index is 0.228. The molecule has 1 aliphatic heterocycles. The lowest BCUT2D eigenvalue weighted by atomic mass is 10.2. The van der Waals surface area contributed by atoms with Gasteiger partial charge in [0, 0.05) is 25.8 Å². The Morgan fingerprint density at radius 2 is 1.92 bits per heavy atom. The van der Waals surface area contributed by atoms with Crippen molar-refractivity contribution in [2.45, 2.75) is 32.6 Å². The number of aromatic nitrogens is 2. The van der Waals surface area contributed by atoms with Crippen molar-refractivity contribution in [3.63, 3.8) is 0 Å². The Balaban J connectivity index is 1.40. The molecule has 6 nitrogen and oxygen atoms in total. The van der Waals surface area contributed by atoms with Crippen molar-refractivity contribution in [2.75, 3.05) is 23.3 Å². The van der Waals surface area contributed by atoms with Crippen LogP contribution in [0.1, 0.15) is 19.4 Å². The average molecular weight is 338 g/mol. The van der Waals surface area contributed by atoms with Crippen LogP contribution in [0.4, 0.5) is 11.8 Å². The fourth-order valence-electron chi connectivity index (χ4n) is 3.20. The topological polar surface area (TPSA) is 63.4 Å². The summed E-state index contributed by atoms with van der Waals surface area (Å²) in [7, 11) is 0. The summed E-state index contributed by atoms with van der Waals surface area (Å²) in [6.45, 7) is 6.56. The van der Waals surface area contributed by atoms with Crippen LogP contribution in [0.2, 0.25) is 0 Å². The second-order valence-corrected chi connectivity index (χ2v) is 6.53. The number of para-hydroxylation sites is 2. The standard InChI is InChI=1S/C19H22N4O2/c1-13-11-23(12-14(2)24-13)18-8-7-15(9-20-18)10-21-19-22-16-5-3-4-6-17(16)25-19/h3-9,13-14H,10-12H2,1-2H3,(H,21,22). The molecule has 0 aliphatic carbocycles. The highest BCUT2D eigenvalue weighted by atomic mass is 16.5. The molecule has 0 bridgehead atoms. The van der Waals surface area contributed by atoms with E-state index in [1.165, 1.54) is 0 Å². The smallest absolute Gasteiger partial charge is 0.295 e. The summed E-state index contributed by atoms with van der Waals surface area (Å²) in [4.78, 5) is 11.3. The summed E-state index contributed by atoms with van der Waals surface area (Å²) in [5.41, 5.74) is 2.73. The monoisotopic (exact) mass is 338 g/mol. The molecule has 1 saturated heterocycles. The van der Waals surface area contributed by atoms with Gasteiger partial charge in [-0.1, -0.05) is 18.2 Å². The third-order valence-electron chi connectivity index (χ3n) is 4.29. The number of benzene rings is 1. The maximum atomic E-state index is 5.78. The van der Waals surface area contributed by atoms with E-state index in [4.69, 9.17) is 9.15 Å². The molecule has 3 aromatic rings. The number of nitrogens with zero attached hydrogens (tertiary/aromatic N) is 3. The lowest BCUT2D eigenvalue weighted by Crippen LogP contribution is -2.45. The highest BCUT2D eigenvalue weighted by molar-refractivity contribution is 5.74. The number of oxazole rings is 1. The molecule has 0 spiro atoms. The number of morpholine rings is 1. The molecule has 3 heterocycles. The molecule has 1 N–H and O–H groups in total. The summed E-state index contributed by atoms with van der Waals surface area (Å²) in [6, 6.07) is 12.4. The molecule has 1 fully saturated rings. The quantitative estimate of drug-likeness (QED) is 0.786. The van der Waals surface area contributed by atoms with Gasteiger partial charge < -0.3 is 19.4 Å². The number of rotatable bonds is 4. The minimum atomic E-state index is 0.228. The molecule has 1 aliphatic rings. The largest absolute Gasteiger partial charge is 0.424 e. The van der Waals surface area contributed by atoms with Gasteiger partial charge in [-0.2, -0.15) is 4.98 Å². The number of ether oxygens (including phenoxy) is 1. The highest BCUT2D eigenvalue weighted by Gasteiger charge is 2.22. The summed E-state index contributed by atoms with van der Waals surface area (Å²) in [5, 5.41) is 3.21. The van der Waals surface area contributed by atoms with Crippen LogP contribution in [-0.4, -0.2) is 35.3 Å². The van der Waals surface area contributed by atoms with Gasteiger partial charge in [0.15, 0.2) is 5.58 Å². The normalized spacial score (nSPS) is 20.8. The predicted molar refractivity (Wildman–Crippen MR) is 97.8 cm³/mol. The Morgan fingerprint density at radius 1 is 1.12 bits per heavy atom. The van der Waals surface area contributed by atoms with E-state index in [0.717, 1.165) is 35.6 Å². The Labute approximate surface area is 146 Å². The number of nitrogens with one attached hydrogen (secondary N) is 1. The zero-order chi connectivity index (χ0) is 17.2. The Morgan fingerprint density at radius 3 is 2.64 bits per heavy atom. The number of hydrogen-bond donors (Lipinski definition) is 1. The van der Waals surface area contributed by atoms with E-state index in [2.05, 4.69) is 46.2 Å². The Hall–Kier alpha value is -2.60. The van der Waals surface area contributed by atoms with Crippen molar-refractivity contribution in [1.82, 2.24) is 9.97 Å². The predicted octanol–water partition coefficient (Wildman–Crippen LogP) is 3.45. The molecule has 0 saturated carbocycles. The molecule has 4 rings (SSSR count). The third-order valence-corrected chi connectivity index (χ3v) is 4.29. The first-order valence-electron chi connectivity index (χ1n) is 8.62. The lowest BCUT2D eigenvalue weighted by Gasteiger charge is -2.36. The third kappa shape index (κ3) is 3.58. The van der Waals surface area contributed by atoms with Gasteiger partial charge in [-0.25, -0.2) is 4.98 Å². The van der Waals surface area contributed by atoms with Gasteiger partial charge >= 0.3 is 0 Å². The first kappa shape index (κ1) is 15.9. The van der Waals surface area contributed by atoms with Crippen molar-refractivity contribution < 1.29 is 9.15 Å². The van der Waals surface area contributed by atoms with Crippen molar-refractivity contribution in [2.24, 2.45) is 0 Å². The van der Waals surface area contributed by atoms with Crippen LogP contribution in [0.15, 0.2) is 47.0 Å². The van der Waals surface area contributed by atoms with Crippen LogP contribution >= 0.6 is 0 Å². The van der Waals surface area contributed by atoms with Gasteiger partial charge in [0.1, 0.15) is 11.3 Å². The number of fused-ring (bicyclic) bond motifs is 1. The zero-order valence-electron chi connectivity index (χ0n) is 14.5. The summed E-state index contributed by atoms with van der Waals surface area (Å²) >= 11 is 0. The molecule has 2 unspecified atom stereocenters. The van der Waals surface area contributed by atoms with Crippen molar-refractivity contribution in [1.29, 1.82) is 0 Å².